The van der Waals surface area contributed by atoms with E-state index < -0.39 is 18.5 Å². The number of rotatable bonds is 7. The van der Waals surface area contributed by atoms with E-state index in [1.807, 2.05) is 24.3 Å². The molecule has 1 aliphatic rings. The summed E-state index contributed by atoms with van der Waals surface area (Å²) in [5, 5.41) is 9.86. The van der Waals surface area contributed by atoms with E-state index in [9.17, 15) is 9.59 Å². The molecule has 0 fully saturated rings. The summed E-state index contributed by atoms with van der Waals surface area (Å²) in [7, 11) is 1.55. The van der Waals surface area contributed by atoms with Crippen LogP contribution >= 0.6 is 0 Å². The fraction of sp³-hybridized carbons (Fsp3) is 0.304. The second kappa shape index (κ2) is 9.77. The molecular formula is C23H25N2NaO5. The fourth-order valence-corrected chi connectivity index (χ4v) is 4.36. The van der Waals surface area contributed by atoms with E-state index in [-0.39, 0.29) is 35.5 Å². The normalized spacial score (nSPS) is 15.1. The van der Waals surface area contributed by atoms with Crippen LogP contribution in [0.1, 0.15) is 35.6 Å². The molecule has 0 spiro atoms. The van der Waals surface area contributed by atoms with Crippen molar-refractivity contribution in [2.24, 2.45) is 5.73 Å². The number of benzene rings is 2. The van der Waals surface area contributed by atoms with Crippen LogP contribution in [0, 0.1) is 0 Å². The zero-order valence-corrected chi connectivity index (χ0v) is 16.8. The molecule has 31 heavy (non-hydrogen) atoms. The SMILES string of the molecule is COc1cc(OCC(=O)O)c2c3c(n(Cc4ccccc4)c2c1)CCCC3C(N)=O.[NaH]. The number of carbonyl (C=O) groups is 2. The molecule has 3 N–H and O–H groups in total. The number of hydrogen-bond acceptors (Lipinski definition) is 4. The molecule has 1 amide bonds. The molecule has 0 aliphatic heterocycles. The van der Waals surface area contributed by atoms with Crippen molar-refractivity contribution in [1.29, 1.82) is 0 Å². The Kier molecular flexibility index (Phi) is 7.30. The van der Waals surface area contributed by atoms with Crippen LogP contribution in [0.3, 0.4) is 0 Å². The third-order valence-electron chi connectivity index (χ3n) is 5.62. The molecule has 4 rings (SSSR count). The van der Waals surface area contributed by atoms with Gasteiger partial charge in [-0.2, -0.15) is 0 Å². The van der Waals surface area contributed by atoms with Gasteiger partial charge in [0.1, 0.15) is 11.5 Å². The topological polar surface area (TPSA) is 104 Å². The summed E-state index contributed by atoms with van der Waals surface area (Å²) in [6.07, 6.45) is 2.33. The van der Waals surface area contributed by atoms with Gasteiger partial charge in [-0.15, -0.1) is 0 Å². The molecule has 1 aromatic heterocycles. The van der Waals surface area contributed by atoms with Gasteiger partial charge in [-0.25, -0.2) is 4.79 Å². The quantitative estimate of drug-likeness (QED) is 0.558. The van der Waals surface area contributed by atoms with Gasteiger partial charge in [0.15, 0.2) is 6.61 Å². The van der Waals surface area contributed by atoms with Crippen molar-refractivity contribution in [1.82, 2.24) is 4.57 Å². The summed E-state index contributed by atoms with van der Waals surface area (Å²) in [5.74, 6) is -0.941. The molecule has 1 heterocycles. The number of carbonyl (C=O) groups excluding carboxylic acids is 1. The standard InChI is InChI=1S/C23H24N2O5.Na.H/c1-29-15-10-18-22(19(11-15)30-13-20(26)27)21-16(23(24)28)8-5-9-17(21)25(18)12-14-6-3-2-4-7-14;;/h2-4,6-7,10-11,16H,5,8-9,12-13H2,1H3,(H2,24,28)(H,26,27);;. The Balaban J connectivity index is 0.00000272. The number of fused-ring (bicyclic) bond motifs is 3. The molecular weight excluding hydrogens is 407 g/mol. The Morgan fingerprint density at radius 1 is 1.23 bits per heavy atom. The number of nitrogens with two attached hydrogens (primary N) is 1. The Morgan fingerprint density at radius 2 is 1.97 bits per heavy atom. The molecule has 0 radical (unpaired) electrons. The number of methoxy groups -OCH3 is 1. The average molecular weight is 432 g/mol. The van der Waals surface area contributed by atoms with Gasteiger partial charge in [0.05, 0.1) is 18.5 Å². The molecule has 7 nitrogen and oxygen atoms in total. The van der Waals surface area contributed by atoms with Crippen LogP contribution in [0.25, 0.3) is 10.9 Å². The summed E-state index contributed by atoms with van der Waals surface area (Å²) in [6.45, 7) is 0.131. The number of carboxylic acid groups (broad SMARTS) is 1. The first kappa shape index (κ1) is 23.2. The van der Waals surface area contributed by atoms with Gasteiger partial charge in [-0.1, -0.05) is 30.3 Å². The van der Waals surface area contributed by atoms with Gasteiger partial charge in [0.25, 0.3) is 0 Å². The number of primary amides is 1. The van der Waals surface area contributed by atoms with Crippen molar-refractivity contribution in [3.05, 3.63) is 59.3 Å². The second-order valence-corrected chi connectivity index (χ2v) is 7.48. The van der Waals surface area contributed by atoms with E-state index in [0.29, 0.717) is 24.5 Å². The van der Waals surface area contributed by atoms with Gasteiger partial charge >= 0.3 is 35.5 Å². The summed E-state index contributed by atoms with van der Waals surface area (Å²) in [6, 6.07) is 13.6. The molecule has 0 saturated carbocycles. The Morgan fingerprint density at radius 3 is 2.61 bits per heavy atom. The van der Waals surface area contributed by atoms with E-state index >= 15 is 0 Å². The van der Waals surface area contributed by atoms with Crippen molar-refractivity contribution in [3.8, 4) is 11.5 Å². The molecule has 0 saturated heterocycles. The van der Waals surface area contributed by atoms with Crippen LogP contribution in [-0.4, -0.2) is 64.8 Å². The van der Waals surface area contributed by atoms with Crippen molar-refractivity contribution in [3.63, 3.8) is 0 Å². The van der Waals surface area contributed by atoms with Crippen molar-refractivity contribution in [2.75, 3.05) is 13.7 Å². The summed E-state index contributed by atoms with van der Waals surface area (Å²) in [4.78, 5) is 23.4. The predicted molar refractivity (Wildman–Crippen MR) is 119 cm³/mol. The number of amides is 1. The zero-order chi connectivity index (χ0) is 21.3. The average Bonchev–Trinajstić information content (AvgIpc) is 3.06. The van der Waals surface area contributed by atoms with Crippen LogP contribution in [0.2, 0.25) is 0 Å². The molecule has 3 aromatic rings. The fourth-order valence-electron chi connectivity index (χ4n) is 4.36. The van der Waals surface area contributed by atoms with Gasteiger partial charge in [-0.05, 0) is 30.4 Å². The van der Waals surface area contributed by atoms with Crippen LogP contribution in [0.5, 0.6) is 11.5 Å². The summed E-state index contributed by atoms with van der Waals surface area (Å²) in [5.41, 5.74) is 9.61. The molecule has 2 aromatic carbocycles. The molecule has 158 valence electrons. The second-order valence-electron chi connectivity index (χ2n) is 7.48. The van der Waals surface area contributed by atoms with Gasteiger partial charge < -0.3 is 24.9 Å². The van der Waals surface area contributed by atoms with Crippen LogP contribution in [-0.2, 0) is 22.6 Å². The summed E-state index contributed by atoms with van der Waals surface area (Å²) >= 11 is 0. The molecule has 0 bridgehead atoms. The maximum atomic E-state index is 12.3. The van der Waals surface area contributed by atoms with Gasteiger partial charge in [-0.3, -0.25) is 4.79 Å². The zero-order valence-electron chi connectivity index (χ0n) is 16.8. The monoisotopic (exact) mass is 432 g/mol. The minimum atomic E-state index is -1.07. The Bertz CT molecular complexity index is 1110. The Hall–Kier alpha value is -2.48. The number of nitrogens with zero attached hydrogens (tertiary/aromatic N) is 1. The number of hydrogen-bond donors (Lipinski definition) is 2. The van der Waals surface area contributed by atoms with E-state index in [1.54, 1.807) is 13.2 Å². The van der Waals surface area contributed by atoms with E-state index in [2.05, 4.69) is 16.7 Å². The minimum absolute atomic E-state index is 0. The van der Waals surface area contributed by atoms with Crippen LogP contribution in [0.4, 0.5) is 0 Å². The van der Waals surface area contributed by atoms with Crippen molar-refractivity contribution >= 4 is 52.3 Å². The molecule has 1 aliphatic carbocycles. The van der Waals surface area contributed by atoms with Crippen LogP contribution < -0.4 is 15.2 Å². The van der Waals surface area contributed by atoms with E-state index in [0.717, 1.165) is 40.6 Å². The first-order chi connectivity index (χ1) is 14.5. The van der Waals surface area contributed by atoms with Crippen molar-refractivity contribution in [2.45, 2.75) is 31.7 Å². The molecule has 1 atom stereocenters. The van der Waals surface area contributed by atoms with E-state index in [4.69, 9.17) is 20.3 Å². The van der Waals surface area contributed by atoms with E-state index in [1.165, 1.54) is 0 Å². The van der Waals surface area contributed by atoms with Crippen LogP contribution in [0.15, 0.2) is 42.5 Å². The van der Waals surface area contributed by atoms with Crippen molar-refractivity contribution < 1.29 is 24.2 Å². The maximum absolute atomic E-state index is 12.3. The number of ether oxygens (including phenoxy) is 2. The first-order valence-electron chi connectivity index (χ1n) is 9.90. The number of aliphatic carboxylic acids is 1. The van der Waals surface area contributed by atoms with Gasteiger partial charge in [0, 0.05) is 29.8 Å². The number of aromatic nitrogens is 1. The molecule has 1 unspecified atom stereocenters. The molecule has 8 heteroatoms. The Labute approximate surface area is 202 Å². The van der Waals surface area contributed by atoms with Gasteiger partial charge in [0.2, 0.25) is 5.91 Å². The predicted octanol–water partition coefficient (Wildman–Crippen LogP) is 2.42. The number of carboxylic acids is 1. The third kappa shape index (κ3) is 4.59. The third-order valence-corrected chi connectivity index (χ3v) is 5.62. The summed E-state index contributed by atoms with van der Waals surface area (Å²) < 4.78 is 13.3. The first-order valence-corrected chi connectivity index (χ1v) is 9.90.